The quantitative estimate of drug-likeness (QED) is 0.866. The molecular formula is C16H24N2O. The number of benzene rings is 1. The fourth-order valence-corrected chi connectivity index (χ4v) is 3.84. The summed E-state index contributed by atoms with van der Waals surface area (Å²) >= 11 is 0. The normalized spacial score (nSPS) is 32.4. The second kappa shape index (κ2) is 5.61. The summed E-state index contributed by atoms with van der Waals surface area (Å²) in [6.45, 7) is 1.74. The molecule has 3 atom stereocenters. The van der Waals surface area contributed by atoms with E-state index in [9.17, 15) is 5.11 Å². The number of piperidine rings is 1. The molecule has 104 valence electrons. The minimum absolute atomic E-state index is 0.0817. The first kappa shape index (κ1) is 13.1. The van der Waals surface area contributed by atoms with Gasteiger partial charge in [0.15, 0.2) is 0 Å². The molecule has 0 amide bonds. The molecule has 2 aliphatic rings. The molecule has 1 aromatic rings. The summed E-state index contributed by atoms with van der Waals surface area (Å²) < 4.78 is 0. The summed E-state index contributed by atoms with van der Waals surface area (Å²) in [5, 5.41) is 9.86. The Labute approximate surface area is 115 Å². The minimum Gasteiger partial charge on any atom is -0.393 e. The Balaban J connectivity index is 1.70. The first-order valence-corrected chi connectivity index (χ1v) is 7.46. The number of hydrogen-bond donors (Lipinski definition) is 2. The maximum absolute atomic E-state index is 9.86. The Kier molecular flexibility index (Phi) is 3.87. The summed E-state index contributed by atoms with van der Waals surface area (Å²) in [7, 11) is 0. The van der Waals surface area contributed by atoms with Crippen LogP contribution in [0.25, 0.3) is 0 Å². The standard InChI is InChI=1S/C16H24N2O/c17-10-13(12-4-2-1-3-5-12)11-18-14-6-7-15(18)9-16(19)8-14/h1-5,13-16,19H,6-11,17H2. The van der Waals surface area contributed by atoms with Crippen LogP contribution in [-0.2, 0) is 0 Å². The number of hydrogen-bond acceptors (Lipinski definition) is 3. The number of rotatable bonds is 4. The van der Waals surface area contributed by atoms with Gasteiger partial charge in [0, 0.05) is 31.1 Å². The number of nitrogens with zero attached hydrogens (tertiary/aromatic N) is 1. The number of nitrogens with two attached hydrogens (primary N) is 1. The van der Waals surface area contributed by atoms with E-state index >= 15 is 0 Å². The summed E-state index contributed by atoms with van der Waals surface area (Å²) in [6.07, 6.45) is 4.30. The van der Waals surface area contributed by atoms with Crippen LogP contribution < -0.4 is 5.73 Å². The van der Waals surface area contributed by atoms with Crippen LogP contribution >= 0.6 is 0 Å². The summed E-state index contributed by atoms with van der Waals surface area (Å²) in [4.78, 5) is 2.61. The van der Waals surface area contributed by atoms with E-state index < -0.39 is 0 Å². The highest BCUT2D eigenvalue weighted by Gasteiger charge is 2.40. The van der Waals surface area contributed by atoms with Crippen LogP contribution in [0.4, 0.5) is 0 Å². The predicted octanol–water partition coefficient (Wildman–Crippen LogP) is 1.72. The minimum atomic E-state index is -0.0817. The first-order valence-electron chi connectivity index (χ1n) is 7.46. The van der Waals surface area contributed by atoms with Crippen molar-refractivity contribution in [3.8, 4) is 0 Å². The van der Waals surface area contributed by atoms with Crippen molar-refractivity contribution < 1.29 is 5.11 Å². The average Bonchev–Trinajstić information content (AvgIpc) is 2.67. The van der Waals surface area contributed by atoms with Crippen molar-refractivity contribution in [2.75, 3.05) is 13.1 Å². The molecule has 2 bridgehead atoms. The lowest BCUT2D eigenvalue weighted by molar-refractivity contribution is 0.0325. The van der Waals surface area contributed by atoms with Crippen molar-refractivity contribution in [3.63, 3.8) is 0 Å². The van der Waals surface area contributed by atoms with Gasteiger partial charge in [-0.2, -0.15) is 0 Å². The van der Waals surface area contributed by atoms with E-state index in [2.05, 4.69) is 35.2 Å². The third kappa shape index (κ3) is 2.69. The molecule has 0 spiro atoms. The van der Waals surface area contributed by atoms with E-state index in [0.29, 0.717) is 24.5 Å². The summed E-state index contributed by atoms with van der Waals surface area (Å²) in [6, 6.07) is 11.7. The van der Waals surface area contributed by atoms with E-state index in [4.69, 9.17) is 5.73 Å². The van der Waals surface area contributed by atoms with Gasteiger partial charge < -0.3 is 10.8 Å². The second-order valence-electron chi connectivity index (χ2n) is 6.05. The van der Waals surface area contributed by atoms with Crippen LogP contribution in [0.15, 0.2) is 30.3 Å². The Hall–Kier alpha value is -0.900. The summed E-state index contributed by atoms with van der Waals surface area (Å²) in [5.41, 5.74) is 7.33. The van der Waals surface area contributed by atoms with E-state index in [1.54, 1.807) is 0 Å². The third-order valence-corrected chi connectivity index (χ3v) is 4.85. The lowest BCUT2D eigenvalue weighted by Crippen LogP contribution is -2.47. The van der Waals surface area contributed by atoms with Gasteiger partial charge in [-0.3, -0.25) is 4.90 Å². The molecule has 2 aliphatic heterocycles. The van der Waals surface area contributed by atoms with Crippen LogP contribution in [0.3, 0.4) is 0 Å². The zero-order valence-electron chi connectivity index (χ0n) is 11.4. The molecule has 3 N–H and O–H groups in total. The Morgan fingerprint density at radius 1 is 1.16 bits per heavy atom. The molecule has 1 aromatic carbocycles. The number of aliphatic hydroxyl groups excluding tert-OH is 1. The molecule has 2 fully saturated rings. The van der Waals surface area contributed by atoms with Crippen molar-refractivity contribution in [2.24, 2.45) is 5.73 Å². The van der Waals surface area contributed by atoms with Crippen LogP contribution in [-0.4, -0.2) is 41.3 Å². The monoisotopic (exact) mass is 260 g/mol. The molecule has 2 saturated heterocycles. The highest BCUT2D eigenvalue weighted by molar-refractivity contribution is 5.20. The molecule has 3 unspecified atom stereocenters. The lowest BCUT2D eigenvalue weighted by atomic mass is 9.94. The van der Waals surface area contributed by atoms with E-state index in [1.165, 1.54) is 18.4 Å². The van der Waals surface area contributed by atoms with Crippen molar-refractivity contribution in [1.29, 1.82) is 0 Å². The van der Waals surface area contributed by atoms with Crippen LogP contribution in [0, 0.1) is 0 Å². The van der Waals surface area contributed by atoms with Crippen LogP contribution in [0.2, 0.25) is 0 Å². The fourth-order valence-electron chi connectivity index (χ4n) is 3.84. The molecule has 0 radical (unpaired) electrons. The predicted molar refractivity (Wildman–Crippen MR) is 77.0 cm³/mol. The Morgan fingerprint density at radius 2 is 1.79 bits per heavy atom. The van der Waals surface area contributed by atoms with Gasteiger partial charge in [0.25, 0.3) is 0 Å². The largest absolute Gasteiger partial charge is 0.393 e. The van der Waals surface area contributed by atoms with E-state index in [1.807, 2.05) is 0 Å². The van der Waals surface area contributed by atoms with Crippen molar-refractivity contribution >= 4 is 0 Å². The molecule has 19 heavy (non-hydrogen) atoms. The van der Waals surface area contributed by atoms with Gasteiger partial charge >= 0.3 is 0 Å². The molecular weight excluding hydrogens is 236 g/mol. The molecule has 3 nitrogen and oxygen atoms in total. The van der Waals surface area contributed by atoms with Gasteiger partial charge in [-0.25, -0.2) is 0 Å². The molecule has 3 heteroatoms. The third-order valence-electron chi connectivity index (χ3n) is 4.85. The van der Waals surface area contributed by atoms with Crippen LogP contribution in [0.1, 0.15) is 37.2 Å². The van der Waals surface area contributed by atoms with Gasteiger partial charge in [0.2, 0.25) is 0 Å². The smallest absolute Gasteiger partial charge is 0.0570 e. The van der Waals surface area contributed by atoms with Crippen molar-refractivity contribution in [2.45, 2.75) is 49.8 Å². The SMILES string of the molecule is NCC(CN1C2CCC1CC(O)C2)c1ccccc1. The zero-order valence-corrected chi connectivity index (χ0v) is 11.4. The topological polar surface area (TPSA) is 49.5 Å². The average molecular weight is 260 g/mol. The van der Waals surface area contributed by atoms with Crippen molar-refractivity contribution in [1.82, 2.24) is 4.90 Å². The highest BCUT2D eigenvalue weighted by atomic mass is 16.3. The second-order valence-corrected chi connectivity index (χ2v) is 6.05. The molecule has 0 aromatic heterocycles. The lowest BCUT2D eigenvalue weighted by Gasteiger charge is -2.39. The molecule has 0 saturated carbocycles. The van der Waals surface area contributed by atoms with Gasteiger partial charge in [-0.1, -0.05) is 30.3 Å². The van der Waals surface area contributed by atoms with Gasteiger partial charge in [0.1, 0.15) is 0 Å². The summed E-state index contributed by atoms with van der Waals surface area (Å²) in [5.74, 6) is 0.416. The zero-order chi connectivity index (χ0) is 13.2. The Morgan fingerprint density at radius 3 is 2.37 bits per heavy atom. The van der Waals surface area contributed by atoms with Crippen molar-refractivity contribution in [3.05, 3.63) is 35.9 Å². The van der Waals surface area contributed by atoms with Gasteiger partial charge in [-0.05, 0) is 31.2 Å². The number of fused-ring (bicyclic) bond motifs is 2. The fraction of sp³-hybridized carbons (Fsp3) is 0.625. The number of aliphatic hydroxyl groups is 1. The molecule has 3 rings (SSSR count). The first-order chi connectivity index (χ1) is 9.28. The van der Waals surface area contributed by atoms with Gasteiger partial charge in [-0.15, -0.1) is 0 Å². The van der Waals surface area contributed by atoms with E-state index in [0.717, 1.165) is 19.4 Å². The van der Waals surface area contributed by atoms with Gasteiger partial charge in [0.05, 0.1) is 6.10 Å². The van der Waals surface area contributed by atoms with Crippen LogP contribution in [0.5, 0.6) is 0 Å². The Bertz CT molecular complexity index is 394. The molecule has 2 heterocycles. The maximum Gasteiger partial charge on any atom is 0.0570 e. The maximum atomic E-state index is 9.86. The van der Waals surface area contributed by atoms with E-state index in [-0.39, 0.29) is 6.10 Å². The molecule has 0 aliphatic carbocycles. The highest BCUT2D eigenvalue weighted by Crippen LogP contribution is 2.37.